The molecule has 0 amide bonds. The van der Waals surface area contributed by atoms with Crippen LogP contribution < -0.4 is 10.1 Å². The fourth-order valence-corrected chi connectivity index (χ4v) is 3.96. The van der Waals surface area contributed by atoms with E-state index in [0.717, 1.165) is 11.3 Å². The van der Waals surface area contributed by atoms with Gasteiger partial charge in [0.25, 0.3) is 0 Å². The van der Waals surface area contributed by atoms with Crippen molar-refractivity contribution in [2.45, 2.75) is 47.3 Å². The van der Waals surface area contributed by atoms with Gasteiger partial charge in [-0.25, -0.2) is 9.48 Å². The normalized spacial score (nSPS) is 15.2. The van der Waals surface area contributed by atoms with Crippen LogP contribution in [-0.4, -0.2) is 27.3 Å². The van der Waals surface area contributed by atoms with Gasteiger partial charge in [0.2, 0.25) is 5.95 Å². The highest BCUT2D eigenvalue weighted by molar-refractivity contribution is 5.92. The first-order chi connectivity index (χ1) is 15.4. The molecule has 3 aromatic rings. The summed E-state index contributed by atoms with van der Waals surface area (Å²) in [5.74, 6) is 0.984. The molecule has 0 aliphatic carbocycles. The Morgan fingerprint density at radius 1 is 1.06 bits per heavy atom. The molecule has 1 aliphatic rings. The summed E-state index contributed by atoms with van der Waals surface area (Å²) in [7, 11) is 0. The van der Waals surface area contributed by atoms with Crippen LogP contribution in [0, 0.1) is 20.8 Å². The summed E-state index contributed by atoms with van der Waals surface area (Å²) >= 11 is 0. The van der Waals surface area contributed by atoms with E-state index >= 15 is 0 Å². The van der Waals surface area contributed by atoms with Crippen LogP contribution in [0.25, 0.3) is 0 Å². The SMILES string of the molecule is CCOC(=O)C1=C(C)Nc2ncnn2C1c1ccc(OCc2cc(C)c(C)cc2C)cc1. The Balaban J connectivity index is 1.59. The number of esters is 1. The van der Waals surface area contributed by atoms with Crippen LogP contribution in [0.2, 0.25) is 0 Å². The lowest BCUT2D eigenvalue weighted by molar-refractivity contribution is -0.139. The molecule has 32 heavy (non-hydrogen) atoms. The zero-order valence-electron chi connectivity index (χ0n) is 19.1. The van der Waals surface area contributed by atoms with E-state index in [-0.39, 0.29) is 5.97 Å². The Hall–Kier alpha value is -3.61. The zero-order chi connectivity index (χ0) is 22.8. The van der Waals surface area contributed by atoms with E-state index in [1.165, 1.54) is 28.6 Å². The maximum absolute atomic E-state index is 12.7. The molecule has 7 heteroatoms. The number of allylic oxidation sites excluding steroid dienone is 1. The smallest absolute Gasteiger partial charge is 0.338 e. The second kappa shape index (κ2) is 8.86. The third-order valence-corrected chi connectivity index (χ3v) is 5.83. The van der Waals surface area contributed by atoms with Gasteiger partial charge in [-0.1, -0.05) is 24.3 Å². The highest BCUT2D eigenvalue weighted by Crippen LogP contribution is 2.35. The van der Waals surface area contributed by atoms with Crippen LogP contribution >= 0.6 is 0 Å². The van der Waals surface area contributed by atoms with Crippen molar-refractivity contribution >= 4 is 11.9 Å². The second-order valence-electron chi connectivity index (χ2n) is 8.04. The minimum absolute atomic E-state index is 0.303. The van der Waals surface area contributed by atoms with Crippen LogP contribution in [0.3, 0.4) is 0 Å². The number of benzene rings is 2. The number of nitrogens with one attached hydrogen (secondary N) is 1. The van der Waals surface area contributed by atoms with Crippen LogP contribution in [0.1, 0.15) is 47.7 Å². The Morgan fingerprint density at radius 2 is 1.78 bits per heavy atom. The van der Waals surface area contributed by atoms with Crippen molar-refractivity contribution in [1.82, 2.24) is 14.8 Å². The van der Waals surface area contributed by atoms with Crippen molar-refractivity contribution in [2.75, 3.05) is 11.9 Å². The molecule has 2 aromatic carbocycles. The number of hydrogen-bond acceptors (Lipinski definition) is 6. The van der Waals surface area contributed by atoms with Crippen LogP contribution in [0.15, 0.2) is 54.0 Å². The molecule has 0 spiro atoms. The highest BCUT2D eigenvalue weighted by atomic mass is 16.5. The first-order valence-corrected chi connectivity index (χ1v) is 10.7. The van der Waals surface area contributed by atoms with Crippen molar-refractivity contribution in [3.05, 3.63) is 81.8 Å². The number of carbonyl (C=O) groups excluding carboxylic acids is 1. The van der Waals surface area contributed by atoms with Gasteiger partial charge in [-0.3, -0.25) is 0 Å². The molecule has 1 atom stereocenters. The van der Waals surface area contributed by atoms with Crippen molar-refractivity contribution in [3.8, 4) is 5.75 Å². The molecule has 0 radical (unpaired) electrons. The summed E-state index contributed by atoms with van der Waals surface area (Å²) in [5.41, 5.74) is 7.06. The molecule has 1 aliphatic heterocycles. The summed E-state index contributed by atoms with van der Waals surface area (Å²) in [4.78, 5) is 17.0. The van der Waals surface area contributed by atoms with E-state index in [1.807, 2.05) is 31.2 Å². The summed E-state index contributed by atoms with van der Waals surface area (Å²) in [5, 5.41) is 7.47. The Labute approximate surface area is 188 Å². The molecule has 0 fully saturated rings. The van der Waals surface area contributed by atoms with Crippen molar-refractivity contribution < 1.29 is 14.3 Å². The lowest BCUT2D eigenvalue weighted by atomic mass is 9.96. The van der Waals surface area contributed by atoms with Gasteiger partial charge in [0.1, 0.15) is 24.7 Å². The van der Waals surface area contributed by atoms with E-state index < -0.39 is 6.04 Å². The minimum atomic E-state index is -0.427. The van der Waals surface area contributed by atoms with E-state index in [0.29, 0.717) is 30.4 Å². The number of aryl methyl sites for hydroxylation is 3. The molecule has 166 valence electrons. The van der Waals surface area contributed by atoms with Gasteiger partial charge in [-0.15, -0.1) is 0 Å². The van der Waals surface area contributed by atoms with Gasteiger partial charge >= 0.3 is 5.97 Å². The average Bonchev–Trinajstić information content (AvgIpc) is 3.23. The third kappa shape index (κ3) is 4.10. The fourth-order valence-electron chi connectivity index (χ4n) is 3.96. The zero-order valence-corrected chi connectivity index (χ0v) is 19.1. The highest BCUT2D eigenvalue weighted by Gasteiger charge is 2.34. The van der Waals surface area contributed by atoms with Gasteiger partial charge in [0, 0.05) is 5.70 Å². The first kappa shape index (κ1) is 21.6. The standard InChI is InChI=1S/C25H28N4O3/c1-6-31-24(30)22-18(5)28-25-26-14-27-29(25)23(22)19-7-9-21(10-8-19)32-13-20-12-16(3)15(2)11-17(20)4/h7-12,14,23H,6,13H2,1-5H3,(H,26,27,28). The molecule has 7 nitrogen and oxygen atoms in total. The Kier molecular flexibility index (Phi) is 5.99. The van der Waals surface area contributed by atoms with E-state index in [4.69, 9.17) is 9.47 Å². The van der Waals surface area contributed by atoms with Crippen molar-refractivity contribution in [1.29, 1.82) is 0 Å². The topological polar surface area (TPSA) is 78.3 Å². The maximum Gasteiger partial charge on any atom is 0.338 e. The summed E-state index contributed by atoms with van der Waals surface area (Å²) in [6.45, 7) is 10.8. The van der Waals surface area contributed by atoms with Gasteiger partial charge in [-0.2, -0.15) is 10.1 Å². The van der Waals surface area contributed by atoms with Crippen LogP contribution in [-0.2, 0) is 16.1 Å². The first-order valence-electron chi connectivity index (χ1n) is 10.7. The molecular weight excluding hydrogens is 404 g/mol. The van der Waals surface area contributed by atoms with E-state index in [9.17, 15) is 4.79 Å². The van der Waals surface area contributed by atoms with E-state index in [1.54, 1.807) is 11.6 Å². The van der Waals surface area contributed by atoms with Gasteiger partial charge in [0.05, 0.1) is 12.2 Å². The number of anilines is 1. The summed E-state index contributed by atoms with van der Waals surface area (Å²) in [6, 6.07) is 11.7. The molecule has 2 heterocycles. The van der Waals surface area contributed by atoms with Crippen LogP contribution in [0.5, 0.6) is 5.75 Å². The average molecular weight is 433 g/mol. The number of rotatable bonds is 6. The lowest BCUT2D eigenvalue weighted by Gasteiger charge is -2.28. The molecule has 4 rings (SSSR count). The predicted octanol–water partition coefficient (Wildman–Crippen LogP) is 4.63. The quantitative estimate of drug-likeness (QED) is 0.572. The molecule has 1 unspecified atom stereocenters. The maximum atomic E-state index is 12.7. The molecule has 1 aromatic heterocycles. The number of carbonyl (C=O) groups is 1. The Bertz CT molecular complexity index is 1180. The van der Waals surface area contributed by atoms with Crippen molar-refractivity contribution in [3.63, 3.8) is 0 Å². The number of aromatic nitrogens is 3. The second-order valence-corrected chi connectivity index (χ2v) is 8.04. The molecular formula is C25H28N4O3. The van der Waals surface area contributed by atoms with Crippen molar-refractivity contribution in [2.24, 2.45) is 0 Å². The Morgan fingerprint density at radius 3 is 2.50 bits per heavy atom. The number of nitrogens with zero attached hydrogens (tertiary/aromatic N) is 3. The number of ether oxygens (including phenoxy) is 2. The van der Waals surface area contributed by atoms with Gasteiger partial charge < -0.3 is 14.8 Å². The molecule has 0 saturated carbocycles. The third-order valence-electron chi connectivity index (χ3n) is 5.83. The minimum Gasteiger partial charge on any atom is -0.489 e. The largest absolute Gasteiger partial charge is 0.489 e. The molecule has 0 saturated heterocycles. The van der Waals surface area contributed by atoms with Gasteiger partial charge in [0.15, 0.2) is 0 Å². The monoisotopic (exact) mass is 432 g/mol. The summed E-state index contributed by atoms with van der Waals surface area (Å²) in [6.07, 6.45) is 1.47. The van der Waals surface area contributed by atoms with Crippen LogP contribution in [0.4, 0.5) is 5.95 Å². The lowest BCUT2D eigenvalue weighted by Crippen LogP contribution is -2.29. The fraction of sp³-hybridized carbons (Fsp3) is 0.320. The molecule has 1 N–H and O–H groups in total. The molecule has 0 bridgehead atoms. The predicted molar refractivity (Wildman–Crippen MR) is 123 cm³/mol. The summed E-state index contributed by atoms with van der Waals surface area (Å²) < 4.78 is 13.1. The number of fused-ring (bicyclic) bond motifs is 1. The number of hydrogen-bond donors (Lipinski definition) is 1. The van der Waals surface area contributed by atoms with E-state index in [2.05, 4.69) is 48.3 Å². The van der Waals surface area contributed by atoms with Gasteiger partial charge in [-0.05, 0) is 74.6 Å².